The molecule has 0 bridgehead atoms. The average molecular weight is 269 g/mol. The molecular formula is C15H19N5. The normalized spacial score (nSPS) is 13.0. The molecule has 2 heterocycles. The Balaban J connectivity index is 2.23. The van der Waals surface area contributed by atoms with Crippen molar-refractivity contribution in [2.24, 2.45) is 12.8 Å². The van der Waals surface area contributed by atoms with Crippen LogP contribution in [0.4, 0.5) is 0 Å². The van der Waals surface area contributed by atoms with E-state index in [9.17, 15) is 0 Å². The molecule has 5 heteroatoms. The van der Waals surface area contributed by atoms with Gasteiger partial charge in [-0.05, 0) is 32.4 Å². The highest BCUT2D eigenvalue weighted by molar-refractivity contribution is 5.77. The number of nitrogens with zero attached hydrogens (tertiary/aromatic N) is 4. The Labute approximate surface area is 118 Å². The first-order valence-electron chi connectivity index (χ1n) is 6.78. The third kappa shape index (κ3) is 2.00. The number of para-hydroxylation sites is 2. The smallest absolute Gasteiger partial charge is 0.139 e. The molecule has 0 saturated heterocycles. The van der Waals surface area contributed by atoms with E-state index >= 15 is 0 Å². The highest BCUT2D eigenvalue weighted by Crippen LogP contribution is 2.23. The third-order valence-corrected chi connectivity index (χ3v) is 3.52. The monoisotopic (exact) mass is 269 g/mol. The summed E-state index contributed by atoms with van der Waals surface area (Å²) in [5.74, 6) is 1.05. The maximum absolute atomic E-state index is 5.98. The highest BCUT2D eigenvalue weighted by atomic mass is 15.3. The summed E-state index contributed by atoms with van der Waals surface area (Å²) in [5, 5.41) is 4.54. The predicted octanol–water partition coefficient (Wildman–Crippen LogP) is 1.96. The van der Waals surface area contributed by atoms with Gasteiger partial charge in [0.1, 0.15) is 12.1 Å². The van der Waals surface area contributed by atoms with Gasteiger partial charge in [-0.3, -0.25) is 9.25 Å². The van der Waals surface area contributed by atoms with Gasteiger partial charge in [-0.2, -0.15) is 5.10 Å². The molecule has 0 aliphatic rings. The fraction of sp³-hybridized carbons (Fsp3) is 0.333. The van der Waals surface area contributed by atoms with Crippen molar-refractivity contribution in [1.29, 1.82) is 0 Å². The molecule has 2 aromatic heterocycles. The lowest BCUT2D eigenvalue weighted by atomic mass is 10.1. The Morgan fingerprint density at radius 2 is 2.05 bits per heavy atom. The summed E-state index contributed by atoms with van der Waals surface area (Å²) < 4.78 is 3.99. The SMILES string of the molecule is Cc1nn(C)c(-n2cnc3ccccc32)c1CC(C)N. The fourth-order valence-corrected chi connectivity index (χ4v) is 2.68. The number of aryl methyl sites for hydroxylation is 2. The van der Waals surface area contributed by atoms with Gasteiger partial charge in [0.05, 0.1) is 16.7 Å². The summed E-state index contributed by atoms with van der Waals surface area (Å²) in [6.07, 6.45) is 2.66. The molecule has 0 amide bonds. The molecule has 0 aliphatic heterocycles. The van der Waals surface area contributed by atoms with Crippen LogP contribution in [-0.2, 0) is 13.5 Å². The van der Waals surface area contributed by atoms with Crippen molar-refractivity contribution in [3.63, 3.8) is 0 Å². The number of aromatic nitrogens is 4. The molecule has 20 heavy (non-hydrogen) atoms. The number of nitrogens with two attached hydrogens (primary N) is 1. The van der Waals surface area contributed by atoms with Crippen LogP contribution in [0.2, 0.25) is 0 Å². The van der Waals surface area contributed by atoms with Crippen LogP contribution in [0.3, 0.4) is 0 Å². The molecule has 0 saturated carbocycles. The third-order valence-electron chi connectivity index (χ3n) is 3.52. The second-order valence-corrected chi connectivity index (χ2v) is 5.30. The average Bonchev–Trinajstić information content (AvgIpc) is 2.92. The van der Waals surface area contributed by atoms with Gasteiger partial charge in [-0.1, -0.05) is 12.1 Å². The molecule has 104 valence electrons. The van der Waals surface area contributed by atoms with E-state index in [1.54, 1.807) is 0 Å². The van der Waals surface area contributed by atoms with Crippen LogP contribution in [0, 0.1) is 6.92 Å². The first-order valence-corrected chi connectivity index (χ1v) is 6.78. The lowest BCUT2D eigenvalue weighted by molar-refractivity contribution is 0.714. The van der Waals surface area contributed by atoms with E-state index in [1.165, 1.54) is 5.56 Å². The van der Waals surface area contributed by atoms with Crippen LogP contribution in [0.1, 0.15) is 18.2 Å². The van der Waals surface area contributed by atoms with E-state index in [1.807, 2.05) is 50.1 Å². The van der Waals surface area contributed by atoms with E-state index in [-0.39, 0.29) is 6.04 Å². The number of hydrogen-bond donors (Lipinski definition) is 1. The van der Waals surface area contributed by atoms with Crippen LogP contribution in [0.5, 0.6) is 0 Å². The van der Waals surface area contributed by atoms with Crippen LogP contribution < -0.4 is 5.73 Å². The first-order chi connectivity index (χ1) is 9.58. The van der Waals surface area contributed by atoms with Crippen LogP contribution in [0.25, 0.3) is 16.9 Å². The standard InChI is InChI=1S/C15H19N5/c1-10(16)8-12-11(2)18-19(3)15(12)20-9-17-13-6-4-5-7-14(13)20/h4-7,9-10H,8,16H2,1-3H3. The van der Waals surface area contributed by atoms with Gasteiger partial charge in [0, 0.05) is 18.7 Å². The van der Waals surface area contributed by atoms with Crippen LogP contribution >= 0.6 is 0 Å². The maximum atomic E-state index is 5.98. The zero-order valence-electron chi connectivity index (χ0n) is 12.0. The van der Waals surface area contributed by atoms with Gasteiger partial charge in [0.25, 0.3) is 0 Å². The molecule has 1 aromatic carbocycles. The van der Waals surface area contributed by atoms with E-state index in [0.717, 1.165) is 29.0 Å². The van der Waals surface area contributed by atoms with Crippen molar-refractivity contribution in [3.8, 4) is 5.82 Å². The first kappa shape index (κ1) is 12.9. The second-order valence-electron chi connectivity index (χ2n) is 5.30. The Morgan fingerprint density at radius 3 is 2.80 bits per heavy atom. The minimum absolute atomic E-state index is 0.103. The molecule has 3 aromatic rings. The molecule has 1 atom stereocenters. The summed E-state index contributed by atoms with van der Waals surface area (Å²) in [6, 6.07) is 8.21. The molecule has 0 radical (unpaired) electrons. The second kappa shape index (κ2) is 4.76. The molecule has 0 fully saturated rings. The molecule has 0 aliphatic carbocycles. The maximum Gasteiger partial charge on any atom is 0.139 e. The minimum Gasteiger partial charge on any atom is -0.328 e. The van der Waals surface area contributed by atoms with Gasteiger partial charge < -0.3 is 5.73 Å². The van der Waals surface area contributed by atoms with Crippen molar-refractivity contribution in [3.05, 3.63) is 41.9 Å². The number of benzene rings is 1. The fourth-order valence-electron chi connectivity index (χ4n) is 2.68. The number of rotatable bonds is 3. The topological polar surface area (TPSA) is 61.7 Å². The Bertz CT molecular complexity index is 751. The van der Waals surface area contributed by atoms with Crippen molar-refractivity contribution in [1.82, 2.24) is 19.3 Å². The summed E-state index contributed by atoms with van der Waals surface area (Å²) in [6.45, 7) is 4.04. The Hall–Kier alpha value is -2.14. The Morgan fingerprint density at radius 1 is 1.30 bits per heavy atom. The van der Waals surface area contributed by atoms with Crippen LogP contribution in [0.15, 0.2) is 30.6 Å². The summed E-state index contributed by atoms with van der Waals surface area (Å²) in [7, 11) is 1.96. The van der Waals surface area contributed by atoms with Gasteiger partial charge in [0.2, 0.25) is 0 Å². The summed E-state index contributed by atoms with van der Waals surface area (Å²) >= 11 is 0. The summed E-state index contributed by atoms with van der Waals surface area (Å²) in [4.78, 5) is 4.46. The zero-order chi connectivity index (χ0) is 14.3. The van der Waals surface area contributed by atoms with E-state index in [0.29, 0.717) is 0 Å². The highest BCUT2D eigenvalue weighted by Gasteiger charge is 2.17. The van der Waals surface area contributed by atoms with Gasteiger partial charge >= 0.3 is 0 Å². The number of imidazole rings is 1. The van der Waals surface area contributed by atoms with Crippen molar-refractivity contribution in [2.45, 2.75) is 26.3 Å². The van der Waals surface area contributed by atoms with Crippen molar-refractivity contribution in [2.75, 3.05) is 0 Å². The van der Waals surface area contributed by atoms with Crippen molar-refractivity contribution < 1.29 is 0 Å². The minimum atomic E-state index is 0.103. The molecule has 5 nitrogen and oxygen atoms in total. The predicted molar refractivity (Wildman–Crippen MR) is 79.9 cm³/mol. The molecular weight excluding hydrogens is 250 g/mol. The molecule has 1 unspecified atom stereocenters. The molecule has 2 N–H and O–H groups in total. The van der Waals surface area contributed by atoms with Gasteiger partial charge in [-0.25, -0.2) is 4.98 Å². The van der Waals surface area contributed by atoms with E-state index in [2.05, 4.69) is 20.7 Å². The Kier molecular flexibility index (Phi) is 3.06. The lowest BCUT2D eigenvalue weighted by Gasteiger charge is -2.10. The molecule has 0 spiro atoms. The van der Waals surface area contributed by atoms with Crippen molar-refractivity contribution >= 4 is 11.0 Å². The van der Waals surface area contributed by atoms with Gasteiger partial charge in [-0.15, -0.1) is 0 Å². The largest absolute Gasteiger partial charge is 0.328 e. The zero-order valence-corrected chi connectivity index (χ0v) is 12.0. The number of fused-ring (bicyclic) bond motifs is 1. The van der Waals surface area contributed by atoms with E-state index < -0.39 is 0 Å². The number of hydrogen-bond acceptors (Lipinski definition) is 3. The quantitative estimate of drug-likeness (QED) is 0.790. The van der Waals surface area contributed by atoms with Crippen LogP contribution in [-0.4, -0.2) is 25.4 Å². The van der Waals surface area contributed by atoms with E-state index in [4.69, 9.17) is 5.73 Å². The van der Waals surface area contributed by atoms with Gasteiger partial charge in [0.15, 0.2) is 0 Å². The summed E-state index contributed by atoms with van der Waals surface area (Å²) in [5.41, 5.74) is 10.3. The lowest BCUT2D eigenvalue weighted by Crippen LogP contribution is -2.19. The molecule has 3 rings (SSSR count).